The molecule has 10 amide bonds. The van der Waals surface area contributed by atoms with Crippen molar-refractivity contribution in [2.45, 2.75) is 114 Å². The Morgan fingerprint density at radius 3 is 2.01 bits per heavy atom. The number of benzene rings is 2. The van der Waals surface area contributed by atoms with Gasteiger partial charge in [-0.05, 0) is 62.3 Å². The Labute approximate surface area is 422 Å². The Hall–Kier alpha value is -7.24. The molecule has 14 N–H and O–H groups in total. The molecule has 72 heavy (non-hydrogen) atoms. The molecule has 24 heteroatoms. The summed E-state index contributed by atoms with van der Waals surface area (Å²) in [4.78, 5) is 142. The summed E-state index contributed by atoms with van der Waals surface area (Å²) in [6.45, 7) is 2.81. The van der Waals surface area contributed by atoms with E-state index in [4.69, 9.17) is 22.9 Å². The van der Waals surface area contributed by atoms with Gasteiger partial charge in [0.2, 0.25) is 59.1 Å². The van der Waals surface area contributed by atoms with E-state index in [0.29, 0.717) is 24.0 Å². The number of nitrogens with zero attached hydrogens (tertiary/aromatic N) is 3. The maximum Gasteiger partial charge on any atom is 0.248 e. The number of thioether (sulfide) groups is 1. The Balaban J connectivity index is 1.72. The molecule has 0 spiro atoms. The molecule has 0 saturated carbocycles. The molecule has 2 aromatic carbocycles. The van der Waals surface area contributed by atoms with Gasteiger partial charge >= 0.3 is 0 Å². The molecule has 0 aliphatic carbocycles. The lowest BCUT2D eigenvalue weighted by molar-refractivity contribution is -0.142. The monoisotopic (exact) mass is 1020 g/mol. The number of fused-ring (bicyclic) bond motifs is 1. The van der Waals surface area contributed by atoms with Crippen molar-refractivity contribution in [3.63, 3.8) is 0 Å². The topological polar surface area (TPSA) is 366 Å². The molecule has 0 radical (unpaired) electrons. The van der Waals surface area contributed by atoms with Gasteiger partial charge in [-0.25, -0.2) is 0 Å². The van der Waals surface area contributed by atoms with Crippen LogP contribution in [0.5, 0.6) is 0 Å². The number of nitrogens with one attached hydrogen (secondary N) is 6. The Bertz CT molecular complexity index is 2260. The third-order valence-electron chi connectivity index (χ3n) is 12.0. The fraction of sp³-hybridized carbons (Fsp3) is 0.521. The molecule has 0 bridgehead atoms. The van der Waals surface area contributed by atoms with Crippen molar-refractivity contribution in [1.82, 2.24) is 41.7 Å². The number of nitrogens with two attached hydrogens (primary N) is 4. The summed E-state index contributed by atoms with van der Waals surface area (Å²) in [5.74, 6) is -7.79. The number of unbranched alkanes of at least 4 members (excludes halogenated alkanes) is 3. The molecule has 2 fully saturated rings. The van der Waals surface area contributed by atoms with Gasteiger partial charge in [0.05, 0.1) is 18.8 Å². The quantitative estimate of drug-likeness (QED) is 0.0516. The van der Waals surface area contributed by atoms with Crippen molar-refractivity contribution in [2.24, 2.45) is 27.9 Å². The lowest BCUT2D eigenvalue weighted by Gasteiger charge is -2.29. The zero-order valence-corrected chi connectivity index (χ0v) is 41.6. The number of hydrogen-bond acceptors (Lipinski definition) is 12. The van der Waals surface area contributed by atoms with Gasteiger partial charge in [-0.15, -0.1) is 11.8 Å². The van der Waals surface area contributed by atoms with Crippen LogP contribution in [0.4, 0.5) is 0 Å². The van der Waals surface area contributed by atoms with Crippen LogP contribution in [0.25, 0.3) is 0 Å². The first kappa shape index (κ1) is 57.3. The normalized spacial score (nSPS) is 22.8. The van der Waals surface area contributed by atoms with Gasteiger partial charge in [-0.3, -0.25) is 52.9 Å². The predicted octanol–water partition coefficient (Wildman–Crippen LogP) is -2.18. The minimum atomic E-state index is -1.40. The van der Waals surface area contributed by atoms with Gasteiger partial charge in [-0.2, -0.15) is 0 Å². The Morgan fingerprint density at radius 2 is 1.38 bits per heavy atom. The van der Waals surface area contributed by atoms with Crippen LogP contribution in [-0.4, -0.2) is 155 Å². The Kier molecular flexibility index (Phi) is 23.2. The molecular formula is C48H69N13O10S. The number of primary amides is 2. The van der Waals surface area contributed by atoms with E-state index in [1.54, 1.807) is 42.5 Å². The van der Waals surface area contributed by atoms with Gasteiger partial charge in [-0.1, -0.05) is 68.7 Å². The molecule has 2 aromatic rings. The van der Waals surface area contributed by atoms with Crippen LogP contribution in [0.1, 0.15) is 86.7 Å². The van der Waals surface area contributed by atoms with Crippen LogP contribution in [0, 0.1) is 0 Å². The smallest absolute Gasteiger partial charge is 0.248 e. The van der Waals surface area contributed by atoms with Crippen LogP contribution in [-0.2, 0) is 56.0 Å². The van der Waals surface area contributed by atoms with Crippen molar-refractivity contribution < 1.29 is 47.9 Å². The summed E-state index contributed by atoms with van der Waals surface area (Å²) in [6.07, 6.45) is 3.70. The van der Waals surface area contributed by atoms with Gasteiger partial charge < -0.3 is 64.6 Å². The first-order chi connectivity index (χ1) is 34.4. The van der Waals surface area contributed by atoms with E-state index in [1.807, 2.05) is 6.92 Å². The molecule has 23 nitrogen and oxygen atoms in total. The molecule has 2 aliphatic rings. The maximum absolute atomic E-state index is 14.4. The number of carbonyl (C=O) groups is 10. The van der Waals surface area contributed by atoms with E-state index >= 15 is 0 Å². The third-order valence-corrected chi connectivity index (χ3v) is 13.0. The average Bonchev–Trinajstić information content (AvgIpc) is 3.84. The number of guanidine groups is 1. The molecule has 2 saturated heterocycles. The summed E-state index contributed by atoms with van der Waals surface area (Å²) in [7, 11) is 0. The van der Waals surface area contributed by atoms with Gasteiger partial charge in [0.25, 0.3) is 0 Å². The number of carbonyl (C=O) groups excluding carboxylic acids is 10. The number of amides is 10. The SMILES string of the molecule is CCCCCCN1CC(=O)N[C@@H](C)C(=O)N2CCC[C@H]2C(=O)N[C@H](C(N)=O)CSCC(=O)N[C@@H](Cc2ccccc2)C(=O)N[C@@H](Cc2ccc(C(N)=O)cc2)C(=O)N[C@@H](CCCN=C(N)N)C(=O)NCC1=O. The van der Waals surface area contributed by atoms with Crippen molar-refractivity contribution in [1.29, 1.82) is 0 Å². The van der Waals surface area contributed by atoms with Crippen LogP contribution >= 0.6 is 11.8 Å². The molecule has 0 unspecified atom stereocenters. The minimum absolute atomic E-state index is 0.0273. The number of rotatable bonds is 15. The van der Waals surface area contributed by atoms with E-state index in [-0.39, 0.29) is 74.8 Å². The lowest BCUT2D eigenvalue weighted by atomic mass is 10.0. The highest BCUT2D eigenvalue weighted by molar-refractivity contribution is 8.00. The van der Waals surface area contributed by atoms with Gasteiger partial charge in [0.1, 0.15) is 36.3 Å². The molecule has 6 atom stereocenters. The summed E-state index contributed by atoms with van der Waals surface area (Å²) in [5.41, 5.74) is 23.5. The summed E-state index contributed by atoms with van der Waals surface area (Å²) in [5, 5.41) is 16.0. The fourth-order valence-electron chi connectivity index (χ4n) is 8.09. The molecule has 2 aliphatic heterocycles. The highest BCUT2D eigenvalue weighted by Crippen LogP contribution is 2.20. The lowest BCUT2D eigenvalue weighted by Crippen LogP contribution is -2.58. The van der Waals surface area contributed by atoms with E-state index in [2.05, 4.69) is 36.9 Å². The molecule has 392 valence electrons. The highest BCUT2D eigenvalue weighted by atomic mass is 32.2. The van der Waals surface area contributed by atoms with Crippen LogP contribution in [0.2, 0.25) is 0 Å². The second kappa shape index (κ2) is 29.2. The van der Waals surface area contributed by atoms with Gasteiger partial charge in [0, 0.05) is 43.8 Å². The summed E-state index contributed by atoms with van der Waals surface area (Å²) < 4.78 is 0. The minimum Gasteiger partial charge on any atom is -0.370 e. The standard InChI is InChI=1S/C48H69N13O10S/c1-3-4-5-9-21-60-26-38(62)55-29(2)47(71)61-22-11-15-37(61)46(70)59-36(42(50)66)27-72-28-39(63)56-34(23-30-12-7-6-8-13-30)44(68)58-35(24-31-16-18-32(19-17-31)41(49)65)45(69)57-33(14-10-20-53-48(51)52)43(67)54-25-40(60)64/h6-8,12-13,16-19,29,33-37H,3-5,9-11,14-15,20-28H2,1-2H3,(H2,49,65)(H2,50,66)(H,54,67)(H,55,62)(H,56,63)(H,57,69)(H,58,68)(H,59,70)(H4,51,52,53)/t29-,33-,34-,35-,36-,37-/m0/s1. The first-order valence-electron chi connectivity index (χ1n) is 24.1. The van der Waals surface area contributed by atoms with Crippen molar-refractivity contribution >= 4 is 76.8 Å². The summed E-state index contributed by atoms with van der Waals surface area (Å²) >= 11 is 0.951. The van der Waals surface area contributed by atoms with Crippen LogP contribution < -0.4 is 54.8 Å². The molecule has 2 heterocycles. The highest BCUT2D eigenvalue weighted by Gasteiger charge is 2.38. The van der Waals surface area contributed by atoms with E-state index in [9.17, 15) is 47.9 Å². The van der Waals surface area contributed by atoms with Crippen LogP contribution in [0.15, 0.2) is 59.6 Å². The maximum atomic E-state index is 14.4. The van der Waals surface area contributed by atoms with Crippen molar-refractivity contribution in [3.8, 4) is 0 Å². The van der Waals surface area contributed by atoms with E-state index in [0.717, 1.165) is 31.0 Å². The second-order valence-electron chi connectivity index (χ2n) is 17.7. The fourth-order valence-corrected chi connectivity index (χ4v) is 8.96. The predicted molar refractivity (Wildman–Crippen MR) is 269 cm³/mol. The zero-order valence-electron chi connectivity index (χ0n) is 40.8. The second-order valence-corrected chi connectivity index (χ2v) is 18.7. The van der Waals surface area contributed by atoms with Crippen molar-refractivity contribution in [3.05, 3.63) is 71.3 Å². The van der Waals surface area contributed by atoms with Crippen molar-refractivity contribution in [2.75, 3.05) is 44.2 Å². The van der Waals surface area contributed by atoms with E-state index < -0.39 is 108 Å². The molecule has 4 rings (SSSR count). The average molecular weight is 1020 g/mol. The van der Waals surface area contributed by atoms with Crippen LogP contribution in [0.3, 0.4) is 0 Å². The van der Waals surface area contributed by atoms with E-state index in [1.165, 1.54) is 28.9 Å². The first-order valence-corrected chi connectivity index (χ1v) is 25.2. The van der Waals surface area contributed by atoms with Gasteiger partial charge in [0.15, 0.2) is 5.96 Å². The zero-order chi connectivity index (χ0) is 52.7. The number of aliphatic imine (C=N–C) groups is 1. The largest absolute Gasteiger partial charge is 0.370 e. The summed E-state index contributed by atoms with van der Waals surface area (Å²) in [6, 6.07) is 7.35. The molecular weight excluding hydrogens is 951 g/mol. The third kappa shape index (κ3) is 18.8. The molecule has 0 aromatic heterocycles. The Morgan fingerprint density at radius 1 is 0.722 bits per heavy atom. The number of hydrogen-bond donors (Lipinski definition) is 10.